The third-order valence-corrected chi connectivity index (χ3v) is 4.82. The number of Topliss-reactive ketones (excluding diaryl/α,β-unsaturated/α-hetero) is 1. The van der Waals surface area contributed by atoms with Gasteiger partial charge in [0, 0.05) is 16.0 Å². The molecule has 0 saturated heterocycles. The summed E-state index contributed by atoms with van der Waals surface area (Å²) in [6.45, 7) is 3.17. The van der Waals surface area contributed by atoms with Gasteiger partial charge >= 0.3 is 0 Å². The lowest BCUT2D eigenvalue weighted by atomic mass is 10.1. The maximum atomic E-state index is 12.7. The van der Waals surface area contributed by atoms with E-state index < -0.39 is 6.04 Å². The number of fused-ring (bicyclic) bond motifs is 1. The van der Waals surface area contributed by atoms with Crippen LogP contribution in [-0.2, 0) is 4.79 Å². The summed E-state index contributed by atoms with van der Waals surface area (Å²) < 4.78 is 1.39. The molecule has 2 aromatic heterocycles. The molecule has 0 amide bonds. The first-order valence-corrected chi connectivity index (χ1v) is 7.99. The largest absolute Gasteiger partial charge is 0.298 e. The van der Waals surface area contributed by atoms with Crippen molar-refractivity contribution in [2.75, 3.05) is 0 Å². The summed E-state index contributed by atoms with van der Waals surface area (Å²) in [6.07, 6.45) is 1.44. The SMILES string of the molecule is CC(=O)[C@H](C)n1cnc2scc(-c3ccc(Cl)cc3)c2c1=O. The Labute approximate surface area is 136 Å². The highest BCUT2D eigenvalue weighted by Gasteiger charge is 2.17. The number of benzene rings is 1. The van der Waals surface area contributed by atoms with E-state index in [1.807, 2.05) is 17.5 Å². The van der Waals surface area contributed by atoms with Crippen LogP contribution in [0.25, 0.3) is 21.3 Å². The number of rotatable bonds is 3. The summed E-state index contributed by atoms with van der Waals surface area (Å²) in [7, 11) is 0. The summed E-state index contributed by atoms with van der Waals surface area (Å²) >= 11 is 7.32. The Kier molecular flexibility index (Phi) is 3.85. The highest BCUT2D eigenvalue weighted by Crippen LogP contribution is 2.31. The third kappa shape index (κ3) is 2.46. The van der Waals surface area contributed by atoms with Gasteiger partial charge < -0.3 is 0 Å². The molecule has 112 valence electrons. The van der Waals surface area contributed by atoms with Crippen LogP contribution in [-0.4, -0.2) is 15.3 Å². The van der Waals surface area contributed by atoms with E-state index in [9.17, 15) is 9.59 Å². The quantitative estimate of drug-likeness (QED) is 0.730. The predicted molar refractivity (Wildman–Crippen MR) is 89.7 cm³/mol. The van der Waals surface area contributed by atoms with Crippen molar-refractivity contribution in [2.45, 2.75) is 19.9 Å². The zero-order valence-corrected chi connectivity index (χ0v) is 13.6. The molecule has 0 saturated carbocycles. The number of carbonyl (C=O) groups excluding carboxylic acids is 1. The number of carbonyl (C=O) groups is 1. The van der Waals surface area contributed by atoms with Crippen LogP contribution >= 0.6 is 22.9 Å². The van der Waals surface area contributed by atoms with Crippen molar-refractivity contribution in [1.82, 2.24) is 9.55 Å². The second kappa shape index (κ2) is 5.66. The summed E-state index contributed by atoms with van der Waals surface area (Å²) in [6, 6.07) is 6.78. The van der Waals surface area contributed by atoms with Crippen LogP contribution < -0.4 is 5.56 Å². The molecule has 1 atom stereocenters. The smallest absolute Gasteiger partial charge is 0.263 e. The molecule has 0 radical (unpaired) electrons. The zero-order valence-electron chi connectivity index (χ0n) is 12.0. The van der Waals surface area contributed by atoms with Crippen LogP contribution in [0.4, 0.5) is 0 Å². The number of aromatic nitrogens is 2. The minimum absolute atomic E-state index is 0.0773. The Morgan fingerprint density at radius 1 is 1.32 bits per heavy atom. The van der Waals surface area contributed by atoms with E-state index >= 15 is 0 Å². The molecule has 0 aliphatic carbocycles. The van der Waals surface area contributed by atoms with Crippen molar-refractivity contribution >= 4 is 38.9 Å². The fourth-order valence-electron chi connectivity index (χ4n) is 2.26. The van der Waals surface area contributed by atoms with Crippen LogP contribution in [0.15, 0.2) is 40.8 Å². The lowest BCUT2D eigenvalue weighted by Gasteiger charge is -2.11. The molecule has 22 heavy (non-hydrogen) atoms. The zero-order chi connectivity index (χ0) is 15.9. The van der Waals surface area contributed by atoms with Crippen molar-refractivity contribution in [3.63, 3.8) is 0 Å². The van der Waals surface area contributed by atoms with E-state index in [4.69, 9.17) is 11.6 Å². The first-order chi connectivity index (χ1) is 10.5. The van der Waals surface area contributed by atoms with E-state index in [0.717, 1.165) is 11.1 Å². The van der Waals surface area contributed by atoms with Crippen molar-refractivity contribution in [3.05, 3.63) is 51.3 Å². The number of thiophene rings is 1. The maximum absolute atomic E-state index is 12.7. The van der Waals surface area contributed by atoms with E-state index in [0.29, 0.717) is 15.2 Å². The van der Waals surface area contributed by atoms with Gasteiger partial charge in [0.1, 0.15) is 4.83 Å². The topological polar surface area (TPSA) is 52.0 Å². The summed E-state index contributed by atoms with van der Waals surface area (Å²) in [5.41, 5.74) is 1.53. The maximum Gasteiger partial charge on any atom is 0.263 e. The average molecular weight is 333 g/mol. The molecule has 0 spiro atoms. The predicted octanol–water partition coefficient (Wildman–Crippen LogP) is 3.93. The van der Waals surface area contributed by atoms with E-state index in [2.05, 4.69) is 4.98 Å². The molecule has 0 aliphatic rings. The van der Waals surface area contributed by atoms with Gasteiger partial charge in [0.15, 0.2) is 5.78 Å². The van der Waals surface area contributed by atoms with E-state index in [-0.39, 0.29) is 11.3 Å². The molecular weight excluding hydrogens is 320 g/mol. The van der Waals surface area contributed by atoms with E-state index in [1.54, 1.807) is 19.1 Å². The van der Waals surface area contributed by atoms with Crippen LogP contribution in [0.5, 0.6) is 0 Å². The highest BCUT2D eigenvalue weighted by molar-refractivity contribution is 7.17. The molecule has 0 bridgehead atoms. The molecule has 0 aliphatic heterocycles. The fourth-order valence-corrected chi connectivity index (χ4v) is 3.29. The molecular formula is C16H13ClN2O2S. The molecule has 2 heterocycles. The van der Waals surface area contributed by atoms with Gasteiger partial charge in [-0.2, -0.15) is 0 Å². The average Bonchev–Trinajstić information content (AvgIpc) is 2.92. The number of hydrogen-bond donors (Lipinski definition) is 0. The van der Waals surface area contributed by atoms with Gasteiger partial charge in [-0.1, -0.05) is 23.7 Å². The Hall–Kier alpha value is -1.98. The van der Waals surface area contributed by atoms with E-state index in [1.165, 1.54) is 29.2 Å². The van der Waals surface area contributed by atoms with Gasteiger partial charge in [0.05, 0.1) is 17.8 Å². The molecule has 0 N–H and O–H groups in total. The lowest BCUT2D eigenvalue weighted by Crippen LogP contribution is -2.27. The summed E-state index contributed by atoms with van der Waals surface area (Å²) in [5.74, 6) is -0.0773. The molecule has 4 nitrogen and oxygen atoms in total. The Morgan fingerprint density at radius 3 is 2.64 bits per heavy atom. The van der Waals surface area contributed by atoms with Gasteiger partial charge in [0.2, 0.25) is 0 Å². The van der Waals surface area contributed by atoms with Gasteiger partial charge in [-0.3, -0.25) is 14.2 Å². The number of halogens is 1. The van der Waals surface area contributed by atoms with Crippen LogP contribution in [0.2, 0.25) is 5.02 Å². The fraction of sp³-hybridized carbons (Fsp3) is 0.188. The van der Waals surface area contributed by atoms with Gasteiger partial charge in [-0.15, -0.1) is 11.3 Å². The molecule has 0 unspecified atom stereocenters. The van der Waals surface area contributed by atoms with Gasteiger partial charge in [0.25, 0.3) is 5.56 Å². The Morgan fingerprint density at radius 2 is 2.00 bits per heavy atom. The van der Waals surface area contributed by atoms with Crippen molar-refractivity contribution in [2.24, 2.45) is 0 Å². The standard InChI is InChI=1S/C16H13ClN2O2S/c1-9(10(2)20)19-8-18-15-14(16(19)21)13(7-22-15)11-3-5-12(17)6-4-11/h3-9H,1-2H3/t9-/m0/s1. The molecule has 0 fully saturated rings. The van der Waals surface area contributed by atoms with Crippen molar-refractivity contribution < 1.29 is 4.79 Å². The van der Waals surface area contributed by atoms with Crippen LogP contribution in [0.1, 0.15) is 19.9 Å². The normalized spacial score (nSPS) is 12.5. The second-order valence-electron chi connectivity index (χ2n) is 5.08. The second-order valence-corrected chi connectivity index (χ2v) is 6.37. The van der Waals surface area contributed by atoms with Crippen molar-refractivity contribution in [3.8, 4) is 11.1 Å². The number of hydrogen-bond acceptors (Lipinski definition) is 4. The van der Waals surface area contributed by atoms with Crippen molar-refractivity contribution in [1.29, 1.82) is 0 Å². The third-order valence-electron chi connectivity index (χ3n) is 3.68. The minimum atomic E-state index is -0.526. The molecule has 3 aromatic rings. The molecule has 3 rings (SSSR count). The van der Waals surface area contributed by atoms with Crippen LogP contribution in [0.3, 0.4) is 0 Å². The Balaban J connectivity index is 2.25. The van der Waals surface area contributed by atoms with Gasteiger partial charge in [-0.25, -0.2) is 4.98 Å². The Bertz CT molecular complexity index is 912. The van der Waals surface area contributed by atoms with Crippen LogP contribution in [0, 0.1) is 0 Å². The van der Waals surface area contributed by atoms with Gasteiger partial charge in [-0.05, 0) is 31.5 Å². The monoisotopic (exact) mass is 332 g/mol. The molecule has 1 aromatic carbocycles. The summed E-state index contributed by atoms with van der Waals surface area (Å²) in [5, 5.41) is 3.09. The summed E-state index contributed by atoms with van der Waals surface area (Å²) in [4.78, 5) is 29.3. The minimum Gasteiger partial charge on any atom is -0.298 e. The first kappa shape index (κ1) is 14.9. The number of nitrogens with zero attached hydrogens (tertiary/aromatic N) is 2. The molecule has 6 heteroatoms. The lowest BCUT2D eigenvalue weighted by molar-refractivity contribution is -0.119. The number of ketones is 1. The first-order valence-electron chi connectivity index (χ1n) is 6.73. The highest BCUT2D eigenvalue weighted by atomic mass is 35.5.